The van der Waals surface area contributed by atoms with Gasteiger partial charge in [0.1, 0.15) is 11.5 Å². The molecule has 0 atom stereocenters. The largest absolute Gasteiger partial charge is 0.506 e. The van der Waals surface area contributed by atoms with Crippen molar-refractivity contribution >= 4 is 25.3 Å². The molecule has 100 valence electrons. The highest BCUT2D eigenvalue weighted by molar-refractivity contribution is 7.80. The van der Waals surface area contributed by atoms with Gasteiger partial charge in [0.05, 0.1) is 0 Å². The Kier molecular flexibility index (Phi) is 4.02. The van der Waals surface area contributed by atoms with Gasteiger partial charge >= 0.3 is 0 Å². The fraction of sp³-hybridized carbons (Fsp3) is 0.200. The molecule has 2 aromatic carbocycles. The molecule has 0 heterocycles. The maximum absolute atomic E-state index is 10.0. The molecule has 0 spiro atoms. The summed E-state index contributed by atoms with van der Waals surface area (Å²) in [5, 5.41) is 20.1. The molecular formula is C15H16O2S2. The zero-order chi connectivity index (χ0) is 14.2. The minimum absolute atomic E-state index is 0.163. The summed E-state index contributed by atoms with van der Waals surface area (Å²) in [7, 11) is 0. The number of aromatic hydroxyl groups is 2. The number of hydrogen-bond acceptors (Lipinski definition) is 4. The smallest absolute Gasteiger partial charge is 0.132 e. The summed E-state index contributed by atoms with van der Waals surface area (Å²) in [5.74, 6) is 0.325. The monoisotopic (exact) mass is 292 g/mol. The molecule has 4 heteroatoms. The second kappa shape index (κ2) is 5.39. The third-order valence-electron chi connectivity index (χ3n) is 3.01. The average Bonchev–Trinajstić information content (AvgIpc) is 2.31. The van der Waals surface area contributed by atoms with E-state index in [0.717, 1.165) is 22.3 Å². The quantitative estimate of drug-likeness (QED) is 0.634. The fourth-order valence-electron chi connectivity index (χ4n) is 2.14. The molecule has 0 aliphatic carbocycles. The van der Waals surface area contributed by atoms with Crippen LogP contribution in [0.2, 0.25) is 0 Å². The van der Waals surface area contributed by atoms with Crippen LogP contribution >= 0.6 is 25.3 Å². The minimum atomic E-state index is 0.163. The van der Waals surface area contributed by atoms with Gasteiger partial charge < -0.3 is 10.2 Å². The van der Waals surface area contributed by atoms with Crippen molar-refractivity contribution in [2.75, 3.05) is 0 Å². The van der Waals surface area contributed by atoms with Crippen LogP contribution in [0.4, 0.5) is 0 Å². The molecule has 0 saturated heterocycles. The van der Waals surface area contributed by atoms with Crippen LogP contribution in [0.25, 0.3) is 0 Å². The predicted molar refractivity (Wildman–Crippen MR) is 83.0 cm³/mol. The Bertz CT molecular complexity index is 581. The van der Waals surface area contributed by atoms with Crippen molar-refractivity contribution in [2.45, 2.75) is 30.1 Å². The Morgan fingerprint density at radius 2 is 1.16 bits per heavy atom. The number of thiol groups is 2. The van der Waals surface area contributed by atoms with E-state index in [-0.39, 0.29) is 11.5 Å². The lowest BCUT2D eigenvalue weighted by molar-refractivity contribution is 0.449. The Balaban J connectivity index is 2.47. The highest BCUT2D eigenvalue weighted by Crippen LogP contribution is 2.34. The van der Waals surface area contributed by atoms with E-state index in [0.29, 0.717) is 16.2 Å². The van der Waals surface area contributed by atoms with Crippen molar-refractivity contribution in [3.63, 3.8) is 0 Å². The van der Waals surface area contributed by atoms with Gasteiger partial charge in [-0.2, -0.15) is 0 Å². The second-order valence-electron chi connectivity index (χ2n) is 4.76. The molecule has 2 nitrogen and oxygen atoms in total. The lowest BCUT2D eigenvalue weighted by Gasteiger charge is -2.12. The molecule has 0 aliphatic heterocycles. The molecule has 19 heavy (non-hydrogen) atoms. The first-order chi connectivity index (χ1) is 8.88. The van der Waals surface area contributed by atoms with Gasteiger partial charge in [0, 0.05) is 16.2 Å². The Morgan fingerprint density at radius 1 is 0.789 bits per heavy atom. The molecule has 0 amide bonds. The van der Waals surface area contributed by atoms with E-state index >= 15 is 0 Å². The number of phenols is 2. The van der Waals surface area contributed by atoms with Gasteiger partial charge in [0.25, 0.3) is 0 Å². The summed E-state index contributed by atoms with van der Waals surface area (Å²) >= 11 is 8.49. The molecule has 0 fully saturated rings. The highest BCUT2D eigenvalue weighted by atomic mass is 32.1. The molecular weight excluding hydrogens is 276 g/mol. The molecule has 2 rings (SSSR count). The summed E-state index contributed by atoms with van der Waals surface area (Å²) in [4.78, 5) is 1.10. The number of hydrogen-bond donors (Lipinski definition) is 4. The SMILES string of the molecule is Cc1cc(S)c(O)c(Cc2cc(C)cc(S)c2O)c1. The summed E-state index contributed by atoms with van der Waals surface area (Å²) in [6.07, 6.45) is 0.447. The molecule has 0 aliphatic rings. The van der Waals surface area contributed by atoms with E-state index in [2.05, 4.69) is 25.3 Å². The zero-order valence-electron chi connectivity index (χ0n) is 10.8. The molecule has 2 aromatic rings. The molecule has 0 saturated carbocycles. The molecule has 0 radical (unpaired) electrons. The van der Waals surface area contributed by atoms with E-state index < -0.39 is 0 Å². The van der Waals surface area contributed by atoms with Crippen LogP contribution in [-0.4, -0.2) is 10.2 Å². The van der Waals surface area contributed by atoms with Gasteiger partial charge in [0.2, 0.25) is 0 Å². The normalized spacial score (nSPS) is 10.7. The summed E-state index contributed by atoms with van der Waals surface area (Å²) < 4.78 is 0. The maximum Gasteiger partial charge on any atom is 0.132 e. The highest BCUT2D eigenvalue weighted by Gasteiger charge is 2.11. The predicted octanol–water partition coefficient (Wildman–Crippen LogP) is 3.88. The average molecular weight is 292 g/mol. The fourth-order valence-corrected chi connectivity index (χ4v) is 2.84. The Morgan fingerprint density at radius 3 is 1.53 bits per heavy atom. The van der Waals surface area contributed by atoms with Crippen molar-refractivity contribution in [3.05, 3.63) is 46.5 Å². The second-order valence-corrected chi connectivity index (χ2v) is 5.72. The first-order valence-corrected chi connectivity index (χ1v) is 6.81. The number of phenolic OH excluding ortho intramolecular Hbond substituents is 2. The van der Waals surface area contributed by atoms with Gasteiger partial charge in [-0.1, -0.05) is 12.1 Å². The number of aryl methyl sites for hydroxylation is 2. The summed E-state index contributed by atoms with van der Waals surface area (Å²) in [5.41, 5.74) is 3.55. The van der Waals surface area contributed by atoms with Gasteiger partial charge in [0.15, 0.2) is 0 Å². The Hall–Kier alpha value is -1.26. The van der Waals surface area contributed by atoms with E-state index in [9.17, 15) is 10.2 Å². The van der Waals surface area contributed by atoms with Crippen molar-refractivity contribution in [3.8, 4) is 11.5 Å². The van der Waals surface area contributed by atoms with Crippen LogP contribution in [0, 0.1) is 13.8 Å². The van der Waals surface area contributed by atoms with Crippen molar-refractivity contribution in [1.29, 1.82) is 0 Å². The van der Waals surface area contributed by atoms with E-state index in [1.165, 1.54) is 0 Å². The first kappa shape index (κ1) is 14.2. The number of benzene rings is 2. The maximum atomic E-state index is 10.0. The Labute approximate surface area is 123 Å². The lowest BCUT2D eigenvalue weighted by atomic mass is 10.00. The van der Waals surface area contributed by atoms with Gasteiger partial charge in [-0.05, 0) is 48.2 Å². The van der Waals surface area contributed by atoms with Crippen molar-refractivity contribution in [2.24, 2.45) is 0 Å². The summed E-state index contributed by atoms with van der Waals surface area (Å²) in [6.45, 7) is 3.89. The topological polar surface area (TPSA) is 40.5 Å². The molecule has 2 N–H and O–H groups in total. The minimum Gasteiger partial charge on any atom is -0.506 e. The van der Waals surface area contributed by atoms with E-state index in [4.69, 9.17) is 0 Å². The van der Waals surface area contributed by atoms with Crippen LogP contribution in [0.15, 0.2) is 34.1 Å². The van der Waals surface area contributed by atoms with E-state index in [1.54, 1.807) is 0 Å². The third kappa shape index (κ3) is 3.01. The van der Waals surface area contributed by atoms with Crippen molar-refractivity contribution < 1.29 is 10.2 Å². The first-order valence-electron chi connectivity index (χ1n) is 5.91. The standard InChI is InChI=1S/C15H16O2S2/c1-8-3-10(14(16)12(18)5-8)7-11-4-9(2)6-13(19)15(11)17/h3-6,16-19H,7H2,1-2H3. The molecule has 0 bridgehead atoms. The van der Waals surface area contributed by atoms with E-state index in [1.807, 2.05) is 38.1 Å². The molecule has 0 aromatic heterocycles. The van der Waals surface area contributed by atoms with Crippen LogP contribution in [0.5, 0.6) is 11.5 Å². The third-order valence-corrected chi connectivity index (χ3v) is 3.69. The van der Waals surface area contributed by atoms with Crippen LogP contribution < -0.4 is 0 Å². The summed E-state index contributed by atoms with van der Waals surface area (Å²) in [6, 6.07) is 7.41. The van der Waals surface area contributed by atoms with Crippen LogP contribution in [-0.2, 0) is 6.42 Å². The van der Waals surface area contributed by atoms with Gasteiger partial charge in [-0.25, -0.2) is 0 Å². The van der Waals surface area contributed by atoms with Gasteiger partial charge in [-0.3, -0.25) is 0 Å². The lowest BCUT2D eigenvalue weighted by Crippen LogP contribution is -1.93. The van der Waals surface area contributed by atoms with Crippen molar-refractivity contribution in [1.82, 2.24) is 0 Å². The number of rotatable bonds is 2. The molecule has 0 unspecified atom stereocenters. The van der Waals surface area contributed by atoms with Crippen LogP contribution in [0.3, 0.4) is 0 Å². The van der Waals surface area contributed by atoms with Crippen LogP contribution in [0.1, 0.15) is 22.3 Å². The van der Waals surface area contributed by atoms with Gasteiger partial charge in [-0.15, -0.1) is 25.3 Å². The zero-order valence-corrected chi connectivity index (χ0v) is 12.6.